The first-order valence-electron chi connectivity index (χ1n) is 5.96. The zero-order valence-electron chi connectivity index (χ0n) is 11.4. The number of sulfonamides is 1. The van der Waals surface area contributed by atoms with E-state index in [0.29, 0.717) is 22.6 Å². The first-order valence-corrected chi connectivity index (χ1v) is 7.45. The van der Waals surface area contributed by atoms with Crippen molar-refractivity contribution < 1.29 is 13.2 Å². The molecule has 1 aromatic heterocycles. The smallest absolute Gasteiger partial charge is 0.262 e. The van der Waals surface area contributed by atoms with Gasteiger partial charge in [-0.05, 0) is 32.9 Å². The fourth-order valence-electron chi connectivity index (χ4n) is 1.76. The van der Waals surface area contributed by atoms with Crippen LogP contribution in [0.2, 0.25) is 0 Å². The Morgan fingerprint density at radius 2 is 1.80 bits per heavy atom. The van der Waals surface area contributed by atoms with Crippen molar-refractivity contribution in [3.05, 3.63) is 41.2 Å². The molecular weight excluding hydrogens is 278 g/mol. The van der Waals surface area contributed by atoms with Gasteiger partial charge in [0, 0.05) is 5.56 Å². The molecular formula is C13H15N3O3S. The molecule has 0 aliphatic rings. The van der Waals surface area contributed by atoms with E-state index in [2.05, 4.69) is 14.9 Å². The maximum atomic E-state index is 12.2. The number of aromatic nitrogens is 2. The van der Waals surface area contributed by atoms with Crippen molar-refractivity contribution in [1.29, 1.82) is 0 Å². The minimum Gasteiger partial charge on any atom is -0.295 e. The van der Waals surface area contributed by atoms with Gasteiger partial charge in [0.05, 0.1) is 22.0 Å². The number of carbonyl (C=O) groups is 1. The minimum absolute atomic E-state index is 0.0995. The quantitative estimate of drug-likeness (QED) is 0.844. The molecule has 7 heteroatoms. The maximum Gasteiger partial charge on any atom is 0.262 e. The van der Waals surface area contributed by atoms with Crippen LogP contribution in [0.3, 0.4) is 0 Å². The summed E-state index contributed by atoms with van der Waals surface area (Å²) >= 11 is 0. The van der Waals surface area contributed by atoms with Crippen LogP contribution in [0.15, 0.2) is 29.2 Å². The standard InChI is InChI=1S/C13H15N3O3S/c1-8-13(9(2)15-14-8)16-20(18,19)12-6-4-11(5-7-12)10(3)17/h4-7,16H,1-3H3,(H,14,15). The molecule has 1 aromatic carbocycles. The highest BCUT2D eigenvalue weighted by atomic mass is 32.2. The van der Waals surface area contributed by atoms with Gasteiger partial charge >= 0.3 is 0 Å². The summed E-state index contributed by atoms with van der Waals surface area (Å²) < 4.78 is 27.0. The fourth-order valence-corrected chi connectivity index (χ4v) is 2.95. The van der Waals surface area contributed by atoms with Gasteiger partial charge in [-0.15, -0.1) is 0 Å². The zero-order chi connectivity index (χ0) is 14.9. The molecule has 0 aliphatic heterocycles. The zero-order valence-corrected chi connectivity index (χ0v) is 12.2. The molecule has 2 aromatic rings. The predicted molar refractivity (Wildman–Crippen MR) is 75.3 cm³/mol. The third-order valence-corrected chi connectivity index (χ3v) is 4.30. The lowest BCUT2D eigenvalue weighted by Crippen LogP contribution is -2.14. The topological polar surface area (TPSA) is 91.9 Å². The Bertz CT molecular complexity index is 726. The summed E-state index contributed by atoms with van der Waals surface area (Å²) in [6.45, 7) is 4.87. The van der Waals surface area contributed by atoms with Crippen molar-refractivity contribution in [2.24, 2.45) is 0 Å². The fraction of sp³-hybridized carbons (Fsp3) is 0.231. The number of Topliss-reactive ketones (excluding diaryl/α,β-unsaturated/α-hetero) is 1. The van der Waals surface area contributed by atoms with E-state index >= 15 is 0 Å². The molecule has 6 nitrogen and oxygen atoms in total. The number of H-pyrrole nitrogens is 1. The van der Waals surface area contributed by atoms with E-state index in [1.165, 1.54) is 31.2 Å². The summed E-state index contributed by atoms with van der Waals surface area (Å²) in [7, 11) is -3.69. The van der Waals surface area contributed by atoms with Crippen LogP contribution in [-0.2, 0) is 10.0 Å². The van der Waals surface area contributed by atoms with Gasteiger partial charge in [0.25, 0.3) is 10.0 Å². The molecule has 20 heavy (non-hydrogen) atoms. The number of hydrogen-bond acceptors (Lipinski definition) is 4. The molecule has 0 saturated heterocycles. The third kappa shape index (κ3) is 2.72. The molecule has 2 N–H and O–H groups in total. The number of hydrogen-bond donors (Lipinski definition) is 2. The van der Waals surface area contributed by atoms with Crippen molar-refractivity contribution >= 4 is 21.5 Å². The van der Waals surface area contributed by atoms with Crippen molar-refractivity contribution in [3.8, 4) is 0 Å². The van der Waals surface area contributed by atoms with Crippen LogP contribution in [-0.4, -0.2) is 24.4 Å². The molecule has 0 unspecified atom stereocenters. The molecule has 0 bridgehead atoms. The van der Waals surface area contributed by atoms with Gasteiger partial charge in [-0.2, -0.15) is 5.10 Å². The Morgan fingerprint density at radius 1 is 1.20 bits per heavy atom. The van der Waals surface area contributed by atoms with Gasteiger partial charge in [-0.1, -0.05) is 12.1 Å². The number of ketones is 1. The van der Waals surface area contributed by atoms with Crippen LogP contribution >= 0.6 is 0 Å². The highest BCUT2D eigenvalue weighted by Crippen LogP contribution is 2.21. The SMILES string of the molecule is CC(=O)c1ccc(S(=O)(=O)Nc2c(C)n[nH]c2C)cc1. The first kappa shape index (κ1) is 14.3. The second-order valence-electron chi connectivity index (χ2n) is 4.50. The predicted octanol–water partition coefficient (Wildman–Crippen LogP) is 2.03. The van der Waals surface area contributed by atoms with E-state index < -0.39 is 10.0 Å². The van der Waals surface area contributed by atoms with Crippen molar-refractivity contribution in [2.75, 3.05) is 4.72 Å². The molecule has 0 spiro atoms. The Balaban J connectivity index is 2.33. The van der Waals surface area contributed by atoms with Crippen molar-refractivity contribution in [3.63, 3.8) is 0 Å². The largest absolute Gasteiger partial charge is 0.295 e. The van der Waals surface area contributed by atoms with Crippen LogP contribution < -0.4 is 4.72 Å². The van der Waals surface area contributed by atoms with Gasteiger partial charge in [0.1, 0.15) is 0 Å². The van der Waals surface area contributed by atoms with Crippen molar-refractivity contribution in [1.82, 2.24) is 10.2 Å². The van der Waals surface area contributed by atoms with Gasteiger partial charge in [0.2, 0.25) is 0 Å². The van der Waals surface area contributed by atoms with Gasteiger partial charge < -0.3 is 0 Å². The Kier molecular flexibility index (Phi) is 3.63. The maximum absolute atomic E-state index is 12.2. The molecule has 0 atom stereocenters. The highest BCUT2D eigenvalue weighted by Gasteiger charge is 2.18. The summed E-state index contributed by atoms with van der Waals surface area (Å²) in [6.07, 6.45) is 0. The van der Waals surface area contributed by atoms with E-state index in [-0.39, 0.29) is 10.7 Å². The average Bonchev–Trinajstić information content (AvgIpc) is 2.70. The Labute approximate surface area is 117 Å². The van der Waals surface area contributed by atoms with E-state index in [1.54, 1.807) is 13.8 Å². The van der Waals surface area contributed by atoms with Crippen LogP contribution in [0, 0.1) is 13.8 Å². The second-order valence-corrected chi connectivity index (χ2v) is 6.18. The van der Waals surface area contributed by atoms with E-state index in [4.69, 9.17) is 0 Å². The number of benzene rings is 1. The molecule has 0 amide bonds. The van der Waals surface area contributed by atoms with Gasteiger partial charge in [-0.3, -0.25) is 14.6 Å². The van der Waals surface area contributed by atoms with E-state index in [0.717, 1.165) is 0 Å². The van der Waals surface area contributed by atoms with E-state index in [1.807, 2.05) is 0 Å². The molecule has 0 saturated carbocycles. The molecule has 2 rings (SSSR count). The van der Waals surface area contributed by atoms with Gasteiger partial charge in [0.15, 0.2) is 5.78 Å². The number of aryl methyl sites for hydroxylation is 2. The summed E-state index contributed by atoms with van der Waals surface area (Å²) in [6, 6.07) is 5.80. The van der Waals surface area contributed by atoms with Gasteiger partial charge in [-0.25, -0.2) is 8.42 Å². The van der Waals surface area contributed by atoms with Crippen LogP contribution in [0.1, 0.15) is 28.7 Å². The monoisotopic (exact) mass is 293 g/mol. The lowest BCUT2D eigenvalue weighted by atomic mass is 10.2. The summed E-state index contributed by atoms with van der Waals surface area (Å²) in [4.78, 5) is 11.3. The first-order chi connectivity index (χ1) is 9.31. The molecule has 1 heterocycles. The number of carbonyl (C=O) groups excluding carboxylic acids is 1. The molecule has 106 valence electrons. The number of aromatic amines is 1. The van der Waals surface area contributed by atoms with Crippen molar-refractivity contribution in [2.45, 2.75) is 25.7 Å². The number of nitrogens with one attached hydrogen (secondary N) is 2. The number of rotatable bonds is 4. The Hall–Kier alpha value is -2.15. The number of nitrogens with zero attached hydrogens (tertiary/aromatic N) is 1. The summed E-state index contributed by atoms with van der Waals surface area (Å²) in [5, 5.41) is 6.65. The summed E-state index contributed by atoms with van der Waals surface area (Å²) in [5.41, 5.74) is 2.14. The van der Waals surface area contributed by atoms with Crippen LogP contribution in [0.5, 0.6) is 0 Å². The lowest BCUT2D eigenvalue weighted by Gasteiger charge is -2.08. The Morgan fingerprint density at radius 3 is 2.25 bits per heavy atom. The third-order valence-electron chi connectivity index (χ3n) is 2.94. The van der Waals surface area contributed by atoms with E-state index in [9.17, 15) is 13.2 Å². The molecule has 0 aliphatic carbocycles. The van der Waals surface area contributed by atoms with Crippen LogP contribution in [0.25, 0.3) is 0 Å². The molecule has 0 radical (unpaired) electrons. The molecule has 0 fully saturated rings. The lowest BCUT2D eigenvalue weighted by molar-refractivity contribution is 0.101. The summed E-state index contributed by atoms with van der Waals surface area (Å²) in [5.74, 6) is -0.108. The van der Waals surface area contributed by atoms with Crippen LogP contribution in [0.4, 0.5) is 5.69 Å². The normalized spacial score (nSPS) is 11.3. The second kappa shape index (κ2) is 5.09. The average molecular weight is 293 g/mol. The number of anilines is 1. The minimum atomic E-state index is -3.69. The highest BCUT2D eigenvalue weighted by molar-refractivity contribution is 7.92.